The van der Waals surface area contributed by atoms with Crippen LogP contribution in [0.3, 0.4) is 0 Å². The molecule has 0 saturated carbocycles. The van der Waals surface area contributed by atoms with Gasteiger partial charge in [-0.25, -0.2) is 0 Å². The monoisotopic (exact) mass is 378 g/mol. The van der Waals surface area contributed by atoms with Crippen molar-refractivity contribution in [2.45, 2.75) is 4.90 Å². The van der Waals surface area contributed by atoms with Crippen molar-refractivity contribution in [2.24, 2.45) is 10.2 Å². The summed E-state index contributed by atoms with van der Waals surface area (Å²) in [4.78, 5) is -0.190. The van der Waals surface area contributed by atoms with Crippen LogP contribution in [0.25, 0.3) is 21.5 Å². The minimum Gasteiger partial charge on any atom is -0.506 e. The maximum Gasteiger partial charge on any atom is 0.295 e. The van der Waals surface area contributed by atoms with Gasteiger partial charge in [0.1, 0.15) is 16.3 Å². The fourth-order valence-corrected chi connectivity index (χ4v) is 3.72. The highest BCUT2D eigenvalue weighted by Crippen LogP contribution is 2.37. The van der Waals surface area contributed by atoms with Crippen molar-refractivity contribution in [2.75, 3.05) is 0 Å². The first-order valence-corrected chi connectivity index (χ1v) is 9.51. The normalized spacial score (nSPS) is 12.2. The van der Waals surface area contributed by atoms with Crippen LogP contribution < -0.4 is 0 Å². The first kappa shape index (κ1) is 17.1. The third-order valence-corrected chi connectivity index (χ3v) is 5.19. The molecule has 4 aromatic carbocycles. The lowest BCUT2D eigenvalue weighted by atomic mass is 10.1. The summed E-state index contributed by atoms with van der Waals surface area (Å²) in [7, 11) is -4.36. The van der Waals surface area contributed by atoms with E-state index >= 15 is 0 Å². The Morgan fingerprint density at radius 3 is 2.11 bits per heavy atom. The third kappa shape index (κ3) is 3.14. The quantitative estimate of drug-likeness (QED) is 0.370. The van der Waals surface area contributed by atoms with Crippen LogP contribution in [0.2, 0.25) is 0 Å². The Morgan fingerprint density at radius 1 is 0.704 bits per heavy atom. The van der Waals surface area contributed by atoms with Gasteiger partial charge in [-0.05, 0) is 23.6 Å². The van der Waals surface area contributed by atoms with E-state index in [1.54, 1.807) is 36.4 Å². The Hall–Kier alpha value is -3.29. The highest BCUT2D eigenvalue weighted by molar-refractivity contribution is 7.86. The van der Waals surface area contributed by atoms with Crippen LogP contribution in [-0.4, -0.2) is 18.1 Å². The van der Waals surface area contributed by atoms with E-state index in [0.29, 0.717) is 22.1 Å². The second kappa shape index (κ2) is 6.46. The van der Waals surface area contributed by atoms with Gasteiger partial charge in [-0.2, -0.15) is 8.42 Å². The van der Waals surface area contributed by atoms with Crippen molar-refractivity contribution in [1.82, 2.24) is 0 Å². The molecule has 7 heteroatoms. The Morgan fingerprint density at radius 2 is 1.37 bits per heavy atom. The summed E-state index contributed by atoms with van der Waals surface area (Å²) >= 11 is 0. The molecule has 0 heterocycles. The van der Waals surface area contributed by atoms with Gasteiger partial charge in [-0.1, -0.05) is 54.6 Å². The van der Waals surface area contributed by atoms with Crippen LogP contribution in [0, 0.1) is 0 Å². The Bertz CT molecular complexity index is 1310. The maximum absolute atomic E-state index is 11.6. The highest BCUT2D eigenvalue weighted by atomic mass is 32.2. The average Bonchev–Trinajstić information content (AvgIpc) is 2.66. The van der Waals surface area contributed by atoms with E-state index in [4.69, 9.17) is 0 Å². The van der Waals surface area contributed by atoms with E-state index in [2.05, 4.69) is 10.2 Å². The van der Waals surface area contributed by atoms with E-state index < -0.39 is 10.1 Å². The summed E-state index contributed by atoms with van der Waals surface area (Å²) in [6.45, 7) is 0. The SMILES string of the molecule is O=S(=O)(O)c1ccc(/N=N/c2c(O)ccc3ccccc23)c2ccccc12. The largest absolute Gasteiger partial charge is 0.506 e. The molecule has 0 amide bonds. The summed E-state index contributed by atoms with van der Waals surface area (Å²) in [5, 5.41) is 21.2. The molecule has 0 atom stereocenters. The van der Waals surface area contributed by atoms with Gasteiger partial charge < -0.3 is 5.11 Å². The first-order valence-electron chi connectivity index (χ1n) is 8.07. The number of phenols is 1. The van der Waals surface area contributed by atoms with Gasteiger partial charge in [0.25, 0.3) is 10.1 Å². The van der Waals surface area contributed by atoms with Crippen molar-refractivity contribution in [1.29, 1.82) is 0 Å². The van der Waals surface area contributed by atoms with E-state index in [9.17, 15) is 18.1 Å². The van der Waals surface area contributed by atoms with Crippen LogP contribution in [0.4, 0.5) is 11.4 Å². The molecule has 0 saturated heterocycles. The predicted octanol–water partition coefficient (Wildman–Crippen LogP) is 5.36. The summed E-state index contributed by atoms with van der Waals surface area (Å²) in [5.74, 6) is -0.00342. The molecule has 0 spiro atoms. The Balaban J connectivity index is 1.90. The van der Waals surface area contributed by atoms with Crippen LogP contribution >= 0.6 is 0 Å². The number of hydrogen-bond donors (Lipinski definition) is 2. The molecule has 2 N–H and O–H groups in total. The van der Waals surface area contributed by atoms with Crippen LogP contribution in [0.1, 0.15) is 0 Å². The molecule has 0 bridgehead atoms. The standard InChI is InChI=1S/C20H14N2O4S/c23-18-11-9-13-5-1-2-6-14(13)20(18)22-21-17-10-12-19(27(24,25)26)16-8-4-3-7-15(16)17/h1-12,23H,(H,24,25,26)/b22-21+. The van der Waals surface area contributed by atoms with Crippen LogP contribution in [0.15, 0.2) is 87.9 Å². The van der Waals surface area contributed by atoms with Gasteiger partial charge in [0.15, 0.2) is 0 Å². The molecular formula is C20H14N2O4S. The van der Waals surface area contributed by atoms with Gasteiger partial charge >= 0.3 is 0 Å². The van der Waals surface area contributed by atoms with Crippen molar-refractivity contribution >= 4 is 43.0 Å². The van der Waals surface area contributed by atoms with Gasteiger partial charge in [-0.3, -0.25) is 4.55 Å². The molecule has 0 aliphatic rings. The van der Waals surface area contributed by atoms with Crippen LogP contribution in [-0.2, 0) is 10.1 Å². The minimum atomic E-state index is -4.36. The van der Waals surface area contributed by atoms with E-state index in [1.165, 1.54) is 12.1 Å². The molecule has 6 nitrogen and oxygen atoms in total. The summed E-state index contributed by atoms with van der Waals surface area (Å²) < 4.78 is 32.6. The first-order chi connectivity index (χ1) is 12.9. The lowest BCUT2D eigenvalue weighted by Crippen LogP contribution is -1.98. The van der Waals surface area contributed by atoms with Gasteiger partial charge in [0.2, 0.25) is 0 Å². The van der Waals surface area contributed by atoms with Gasteiger partial charge in [-0.15, -0.1) is 10.2 Å². The molecule has 4 aromatic rings. The van der Waals surface area contributed by atoms with Crippen molar-refractivity contribution in [3.05, 3.63) is 72.8 Å². The summed E-state index contributed by atoms with van der Waals surface area (Å²) in [5.41, 5.74) is 0.751. The Kier molecular flexibility index (Phi) is 4.10. The van der Waals surface area contributed by atoms with Gasteiger partial charge in [0.05, 0.1) is 5.69 Å². The topological polar surface area (TPSA) is 99.3 Å². The number of azo groups is 1. The fourth-order valence-electron chi connectivity index (χ4n) is 3.02. The number of phenolic OH excluding ortho intramolecular Hbond substituents is 1. The van der Waals surface area contributed by atoms with E-state index in [1.807, 2.05) is 24.3 Å². The highest BCUT2D eigenvalue weighted by Gasteiger charge is 2.15. The molecule has 0 aliphatic heterocycles. The zero-order valence-electron chi connectivity index (χ0n) is 13.9. The average molecular weight is 378 g/mol. The molecule has 27 heavy (non-hydrogen) atoms. The second-order valence-corrected chi connectivity index (χ2v) is 7.35. The van der Waals surface area contributed by atoms with E-state index in [-0.39, 0.29) is 10.6 Å². The smallest absolute Gasteiger partial charge is 0.295 e. The van der Waals surface area contributed by atoms with Crippen molar-refractivity contribution < 1.29 is 18.1 Å². The molecule has 0 radical (unpaired) electrons. The van der Waals surface area contributed by atoms with E-state index in [0.717, 1.165) is 10.8 Å². The van der Waals surface area contributed by atoms with Gasteiger partial charge in [0, 0.05) is 16.2 Å². The lowest BCUT2D eigenvalue weighted by Gasteiger charge is -2.07. The molecule has 4 rings (SSSR count). The second-order valence-electron chi connectivity index (χ2n) is 5.96. The number of hydrogen-bond acceptors (Lipinski definition) is 5. The molecule has 0 fully saturated rings. The third-order valence-electron chi connectivity index (χ3n) is 4.28. The predicted molar refractivity (Wildman–Crippen MR) is 104 cm³/mol. The maximum atomic E-state index is 11.6. The number of benzene rings is 4. The number of nitrogens with zero attached hydrogens (tertiary/aromatic N) is 2. The number of aromatic hydroxyl groups is 1. The van der Waals surface area contributed by atoms with Crippen molar-refractivity contribution in [3.8, 4) is 5.75 Å². The number of rotatable bonds is 3. The summed E-state index contributed by atoms with van der Waals surface area (Å²) in [6.07, 6.45) is 0. The minimum absolute atomic E-state index is 0.00342. The molecule has 0 aliphatic carbocycles. The zero-order chi connectivity index (χ0) is 19.0. The summed E-state index contributed by atoms with van der Waals surface area (Å²) in [6, 6.07) is 20.3. The molecule has 0 aromatic heterocycles. The lowest BCUT2D eigenvalue weighted by molar-refractivity contribution is 0.477. The molecule has 134 valence electrons. The zero-order valence-corrected chi connectivity index (χ0v) is 14.8. The molecular weight excluding hydrogens is 364 g/mol. The Labute approximate surface area is 155 Å². The van der Waals surface area contributed by atoms with Crippen LogP contribution in [0.5, 0.6) is 5.75 Å². The fraction of sp³-hybridized carbons (Fsp3) is 0. The number of fused-ring (bicyclic) bond motifs is 2. The van der Waals surface area contributed by atoms with Crippen molar-refractivity contribution in [3.63, 3.8) is 0 Å². The molecule has 0 unspecified atom stereocenters.